The average molecular weight is 399 g/mol. The van der Waals surface area contributed by atoms with Gasteiger partial charge in [-0.15, -0.1) is 5.10 Å². The Labute approximate surface area is 167 Å². The van der Waals surface area contributed by atoms with Gasteiger partial charge in [-0.3, -0.25) is 23.5 Å². The molecule has 0 radical (unpaired) electrons. The second-order valence-electron chi connectivity index (χ2n) is 7.23. The van der Waals surface area contributed by atoms with E-state index in [2.05, 4.69) is 20.5 Å². The number of carbonyl (C=O) groups is 1. The minimum absolute atomic E-state index is 0.0742. The molecule has 1 amide bonds. The van der Waals surface area contributed by atoms with Gasteiger partial charge in [0, 0.05) is 40.3 Å². The quantitative estimate of drug-likeness (QED) is 0.613. The van der Waals surface area contributed by atoms with Gasteiger partial charge >= 0.3 is 5.69 Å². The standard InChI is InChI=1S/C19H25N7O3/c1-23-16-4-3-14(11-17(16)24(2)19(23)28)12-20-18(27)15-13-26(22-21-15)6-5-25-7-9-29-10-8-25/h3-4,11,13H,5-10,12H2,1-2H3,(H,20,27). The van der Waals surface area contributed by atoms with Crippen LogP contribution in [0.5, 0.6) is 0 Å². The number of morpholine rings is 1. The molecule has 3 aromatic rings. The number of nitrogens with one attached hydrogen (secondary N) is 1. The summed E-state index contributed by atoms with van der Waals surface area (Å²) in [4.78, 5) is 26.8. The Bertz CT molecular complexity index is 1080. The smallest absolute Gasteiger partial charge is 0.328 e. The number of rotatable bonds is 6. The highest BCUT2D eigenvalue weighted by atomic mass is 16.5. The molecular formula is C19H25N7O3. The first kappa shape index (κ1) is 19.3. The number of hydrogen-bond acceptors (Lipinski definition) is 6. The zero-order valence-electron chi connectivity index (χ0n) is 16.7. The number of amides is 1. The van der Waals surface area contributed by atoms with E-state index in [1.807, 2.05) is 18.2 Å². The first-order valence-electron chi connectivity index (χ1n) is 9.65. The van der Waals surface area contributed by atoms with Crippen molar-refractivity contribution in [3.05, 3.63) is 46.1 Å². The number of carbonyl (C=O) groups excluding carboxylic acids is 1. The number of aromatic nitrogens is 5. The van der Waals surface area contributed by atoms with Gasteiger partial charge in [0.25, 0.3) is 5.91 Å². The second-order valence-corrected chi connectivity index (χ2v) is 7.23. The van der Waals surface area contributed by atoms with Crippen LogP contribution in [0.4, 0.5) is 0 Å². The number of benzene rings is 1. The summed E-state index contributed by atoms with van der Waals surface area (Å²) in [6, 6.07) is 5.71. The van der Waals surface area contributed by atoms with Crippen LogP contribution >= 0.6 is 0 Å². The highest BCUT2D eigenvalue weighted by Gasteiger charge is 2.14. The molecule has 10 heteroatoms. The molecule has 29 heavy (non-hydrogen) atoms. The molecule has 1 saturated heterocycles. The van der Waals surface area contributed by atoms with E-state index in [0.29, 0.717) is 18.8 Å². The molecule has 2 aromatic heterocycles. The summed E-state index contributed by atoms with van der Waals surface area (Å²) in [5.41, 5.74) is 2.82. The molecule has 1 fully saturated rings. The van der Waals surface area contributed by atoms with Crippen LogP contribution in [-0.4, -0.2) is 67.8 Å². The average Bonchev–Trinajstić information content (AvgIpc) is 3.31. The Morgan fingerprint density at radius 1 is 1.14 bits per heavy atom. The van der Waals surface area contributed by atoms with Crippen molar-refractivity contribution in [2.75, 3.05) is 32.8 Å². The van der Waals surface area contributed by atoms with Crippen LogP contribution in [0, 0.1) is 0 Å². The lowest BCUT2D eigenvalue weighted by Gasteiger charge is -2.26. The third-order valence-electron chi connectivity index (χ3n) is 5.31. The fourth-order valence-electron chi connectivity index (χ4n) is 3.52. The van der Waals surface area contributed by atoms with Crippen molar-refractivity contribution in [3.8, 4) is 0 Å². The summed E-state index contributed by atoms with van der Waals surface area (Å²) in [6.07, 6.45) is 1.67. The number of ether oxygens (including phenoxy) is 1. The number of imidazole rings is 1. The molecule has 0 aliphatic carbocycles. The maximum absolute atomic E-state index is 12.4. The summed E-state index contributed by atoms with van der Waals surface area (Å²) >= 11 is 0. The largest absolute Gasteiger partial charge is 0.379 e. The van der Waals surface area contributed by atoms with Gasteiger partial charge in [0.15, 0.2) is 5.69 Å². The first-order valence-corrected chi connectivity index (χ1v) is 9.65. The van der Waals surface area contributed by atoms with Crippen LogP contribution in [0.2, 0.25) is 0 Å². The van der Waals surface area contributed by atoms with Crippen LogP contribution in [0.25, 0.3) is 11.0 Å². The van der Waals surface area contributed by atoms with Crippen molar-refractivity contribution in [2.45, 2.75) is 13.1 Å². The van der Waals surface area contributed by atoms with Gasteiger partial charge in [-0.05, 0) is 17.7 Å². The van der Waals surface area contributed by atoms with Crippen molar-refractivity contribution >= 4 is 16.9 Å². The van der Waals surface area contributed by atoms with Crippen LogP contribution in [-0.2, 0) is 31.9 Å². The molecule has 0 atom stereocenters. The van der Waals surface area contributed by atoms with Gasteiger partial charge in [-0.2, -0.15) is 0 Å². The summed E-state index contributed by atoms with van der Waals surface area (Å²) in [7, 11) is 3.48. The lowest BCUT2D eigenvalue weighted by molar-refractivity contribution is 0.0359. The molecule has 154 valence electrons. The summed E-state index contributed by atoms with van der Waals surface area (Å²) in [5, 5.41) is 10.9. The molecule has 1 N–H and O–H groups in total. The van der Waals surface area contributed by atoms with E-state index < -0.39 is 0 Å². The zero-order chi connectivity index (χ0) is 20.4. The summed E-state index contributed by atoms with van der Waals surface area (Å²) in [5.74, 6) is -0.273. The van der Waals surface area contributed by atoms with Crippen LogP contribution in [0.1, 0.15) is 16.1 Å². The predicted octanol–water partition coefficient (Wildman–Crippen LogP) is -0.269. The SMILES string of the molecule is Cn1c(=O)n(C)c2cc(CNC(=O)c3cn(CCN4CCOCC4)nn3)ccc21. The highest BCUT2D eigenvalue weighted by molar-refractivity contribution is 5.91. The predicted molar refractivity (Wildman–Crippen MR) is 107 cm³/mol. The Kier molecular flexibility index (Phi) is 5.45. The fraction of sp³-hybridized carbons (Fsp3) is 0.474. The van der Waals surface area contributed by atoms with Gasteiger partial charge in [0.1, 0.15) is 0 Å². The van der Waals surface area contributed by atoms with Gasteiger partial charge in [-0.25, -0.2) is 4.79 Å². The van der Waals surface area contributed by atoms with Gasteiger partial charge in [-0.1, -0.05) is 11.3 Å². The maximum Gasteiger partial charge on any atom is 0.328 e. The molecular weight excluding hydrogens is 374 g/mol. The van der Waals surface area contributed by atoms with Gasteiger partial charge in [0.2, 0.25) is 0 Å². The highest BCUT2D eigenvalue weighted by Crippen LogP contribution is 2.14. The molecule has 4 rings (SSSR count). The minimum Gasteiger partial charge on any atom is -0.379 e. The van der Waals surface area contributed by atoms with Crippen molar-refractivity contribution in [3.63, 3.8) is 0 Å². The number of hydrogen-bond donors (Lipinski definition) is 1. The number of nitrogens with zero attached hydrogens (tertiary/aromatic N) is 6. The van der Waals surface area contributed by atoms with Crippen molar-refractivity contribution in [1.82, 2.24) is 34.3 Å². The molecule has 0 unspecified atom stereocenters. The van der Waals surface area contributed by atoms with Gasteiger partial charge in [0.05, 0.1) is 37.0 Å². The van der Waals surface area contributed by atoms with E-state index in [1.165, 1.54) is 0 Å². The third kappa shape index (κ3) is 4.08. The van der Waals surface area contributed by atoms with E-state index in [1.54, 1.807) is 34.1 Å². The Balaban J connectivity index is 1.35. The molecule has 0 bridgehead atoms. The van der Waals surface area contributed by atoms with E-state index in [4.69, 9.17) is 4.74 Å². The Hall–Kier alpha value is -2.98. The van der Waals surface area contributed by atoms with Crippen molar-refractivity contribution < 1.29 is 9.53 Å². The molecule has 10 nitrogen and oxygen atoms in total. The monoisotopic (exact) mass is 399 g/mol. The van der Waals surface area contributed by atoms with E-state index in [-0.39, 0.29) is 11.6 Å². The molecule has 3 heterocycles. The van der Waals surface area contributed by atoms with E-state index in [9.17, 15) is 9.59 Å². The lowest BCUT2D eigenvalue weighted by atomic mass is 10.2. The van der Waals surface area contributed by atoms with Crippen molar-refractivity contribution in [2.24, 2.45) is 14.1 Å². The minimum atomic E-state index is -0.273. The Morgan fingerprint density at radius 2 is 1.90 bits per heavy atom. The van der Waals surface area contributed by atoms with Crippen LogP contribution in [0.3, 0.4) is 0 Å². The molecule has 0 saturated carbocycles. The molecule has 1 aliphatic rings. The first-order chi connectivity index (χ1) is 14.0. The Morgan fingerprint density at radius 3 is 2.69 bits per heavy atom. The summed E-state index contributed by atoms with van der Waals surface area (Å²) in [6.45, 7) is 5.22. The molecule has 0 spiro atoms. The maximum atomic E-state index is 12.4. The fourth-order valence-corrected chi connectivity index (χ4v) is 3.52. The second kappa shape index (κ2) is 8.18. The van der Waals surface area contributed by atoms with E-state index >= 15 is 0 Å². The van der Waals surface area contributed by atoms with Crippen molar-refractivity contribution in [1.29, 1.82) is 0 Å². The van der Waals surface area contributed by atoms with Crippen LogP contribution < -0.4 is 11.0 Å². The number of fused-ring (bicyclic) bond motifs is 1. The van der Waals surface area contributed by atoms with E-state index in [0.717, 1.165) is 49.4 Å². The molecule has 1 aliphatic heterocycles. The number of aryl methyl sites for hydroxylation is 2. The topological polar surface area (TPSA) is 99.2 Å². The van der Waals surface area contributed by atoms with Crippen LogP contribution in [0.15, 0.2) is 29.2 Å². The normalized spacial score (nSPS) is 15.1. The zero-order valence-corrected chi connectivity index (χ0v) is 16.7. The van der Waals surface area contributed by atoms with Gasteiger partial charge < -0.3 is 10.1 Å². The lowest BCUT2D eigenvalue weighted by Crippen LogP contribution is -2.38. The third-order valence-corrected chi connectivity index (χ3v) is 5.31. The summed E-state index contributed by atoms with van der Waals surface area (Å²) < 4.78 is 10.2. The molecule has 1 aromatic carbocycles.